The predicted octanol–water partition coefficient (Wildman–Crippen LogP) is 1.81. The molecule has 0 radical (unpaired) electrons. The minimum atomic E-state index is -0.903. The minimum absolute atomic E-state index is 0.0487. The van der Waals surface area contributed by atoms with Gasteiger partial charge in [0.25, 0.3) is 5.56 Å². The molecule has 2 aromatic carbocycles. The summed E-state index contributed by atoms with van der Waals surface area (Å²) in [5.74, 6) is 1.23. The van der Waals surface area contributed by atoms with Crippen molar-refractivity contribution in [3.63, 3.8) is 0 Å². The number of hydrogen-bond donors (Lipinski definition) is 2. The Morgan fingerprint density at radius 3 is 2.41 bits per heavy atom. The van der Waals surface area contributed by atoms with Crippen LogP contribution in [0.2, 0.25) is 0 Å². The molecular formula is C27H32N6O4. The second-order valence-electron chi connectivity index (χ2n) is 9.53. The van der Waals surface area contributed by atoms with Gasteiger partial charge in [-0.1, -0.05) is 24.3 Å². The van der Waals surface area contributed by atoms with E-state index in [0.717, 1.165) is 24.3 Å². The number of aliphatic hydroxyl groups excluding tert-OH is 1. The molecule has 0 spiro atoms. The maximum Gasteiger partial charge on any atom is 0.329 e. The molecule has 1 aliphatic rings. The van der Waals surface area contributed by atoms with Crippen LogP contribution >= 0.6 is 0 Å². The first kappa shape index (κ1) is 24.6. The van der Waals surface area contributed by atoms with Crippen molar-refractivity contribution in [3.8, 4) is 5.75 Å². The maximum absolute atomic E-state index is 12.9. The first-order valence-corrected chi connectivity index (χ1v) is 12.4. The number of H-pyrrole nitrogens is 1. The standard InChI is InChI=1S/C27H32N6O4/c1-18-9-10-22(15-19(18)2)37-17-21(34)16-33-23-24(30(3)27(36)29-25(23)35)28-26(33)32-13-11-31(12-14-32)20-7-5-4-6-8-20/h4-10,15,21,34H,11-14,16-17H2,1-3H3,(H,29,35,36). The van der Waals surface area contributed by atoms with E-state index < -0.39 is 17.4 Å². The topological polar surface area (TPSA) is 109 Å². The van der Waals surface area contributed by atoms with Crippen LogP contribution in [0.4, 0.5) is 11.6 Å². The summed E-state index contributed by atoms with van der Waals surface area (Å²) in [6, 6.07) is 16.0. The van der Waals surface area contributed by atoms with Gasteiger partial charge in [0, 0.05) is 38.9 Å². The van der Waals surface area contributed by atoms with Gasteiger partial charge >= 0.3 is 5.69 Å². The van der Waals surface area contributed by atoms with Crippen LogP contribution in [0.1, 0.15) is 11.1 Å². The Bertz CT molecular complexity index is 1520. The number of rotatable bonds is 7. The molecule has 1 atom stereocenters. The van der Waals surface area contributed by atoms with Gasteiger partial charge in [0.1, 0.15) is 18.5 Å². The molecule has 10 heteroatoms. The van der Waals surface area contributed by atoms with Crippen molar-refractivity contribution in [2.75, 3.05) is 42.6 Å². The number of aryl methyl sites for hydroxylation is 3. The molecule has 10 nitrogen and oxygen atoms in total. The summed E-state index contributed by atoms with van der Waals surface area (Å²) in [5, 5.41) is 10.9. The lowest BCUT2D eigenvalue weighted by Crippen LogP contribution is -2.47. The average molecular weight is 505 g/mol. The van der Waals surface area contributed by atoms with Crippen LogP contribution in [0.25, 0.3) is 11.2 Å². The van der Waals surface area contributed by atoms with Gasteiger partial charge in [0.05, 0.1) is 6.54 Å². The normalized spacial score (nSPS) is 14.8. The lowest BCUT2D eigenvalue weighted by Gasteiger charge is -2.36. The van der Waals surface area contributed by atoms with Gasteiger partial charge in [-0.25, -0.2) is 4.79 Å². The first-order valence-electron chi connectivity index (χ1n) is 12.4. The molecule has 1 unspecified atom stereocenters. The average Bonchev–Trinajstić information content (AvgIpc) is 3.28. The van der Waals surface area contributed by atoms with Crippen LogP contribution in [0, 0.1) is 13.8 Å². The van der Waals surface area contributed by atoms with E-state index in [2.05, 4.69) is 26.9 Å². The monoisotopic (exact) mass is 504 g/mol. The number of benzene rings is 2. The quantitative estimate of drug-likeness (QED) is 0.395. The molecule has 4 aromatic rings. The van der Waals surface area contributed by atoms with E-state index in [1.54, 1.807) is 11.6 Å². The Kier molecular flexibility index (Phi) is 6.75. The maximum atomic E-state index is 12.9. The highest BCUT2D eigenvalue weighted by molar-refractivity contribution is 5.74. The van der Waals surface area contributed by atoms with Gasteiger partial charge in [-0.05, 0) is 49.2 Å². The van der Waals surface area contributed by atoms with E-state index in [-0.39, 0.29) is 24.3 Å². The van der Waals surface area contributed by atoms with Crippen LogP contribution in [-0.2, 0) is 13.6 Å². The highest BCUT2D eigenvalue weighted by Crippen LogP contribution is 2.24. The van der Waals surface area contributed by atoms with Gasteiger partial charge < -0.3 is 24.2 Å². The molecule has 0 bridgehead atoms. The van der Waals surface area contributed by atoms with Gasteiger partial charge in [0.15, 0.2) is 11.2 Å². The molecule has 1 fully saturated rings. The van der Waals surface area contributed by atoms with Crippen LogP contribution in [0.5, 0.6) is 5.75 Å². The van der Waals surface area contributed by atoms with E-state index >= 15 is 0 Å². The van der Waals surface area contributed by atoms with E-state index in [0.29, 0.717) is 24.8 Å². The smallest absolute Gasteiger partial charge is 0.329 e. The fraction of sp³-hybridized carbons (Fsp3) is 0.370. The summed E-state index contributed by atoms with van der Waals surface area (Å²) in [6.45, 7) is 7.10. The number of aromatic amines is 1. The summed E-state index contributed by atoms with van der Waals surface area (Å²) in [4.78, 5) is 36.6. The highest BCUT2D eigenvalue weighted by atomic mass is 16.5. The molecule has 194 valence electrons. The Labute approximate surface area is 214 Å². The zero-order chi connectivity index (χ0) is 26.1. The highest BCUT2D eigenvalue weighted by Gasteiger charge is 2.26. The number of imidazole rings is 1. The summed E-state index contributed by atoms with van der Waals surface area (Å²) < 4.78 is 8.88. The molecule has 0 saturated carbocycles. The third-order valence-electron chi connectivity index (χ3n) is 6.98. The summed E-state index contributed by atoms with van der Waals surface area (Å²) in [6.07, 6.45) is -0.903. The van der Waals surface area contributed by atoms with E-state index in [1.165, 1.54) is 10.1 Å². The number of anilines is 2. The molecule has 5 rings (SSSR count). The Morgan fingerprint density at radius 1 is 1.00 bits per heavy atom. The molecule has 2 aromatic heterocycles. The van der Waals surface area contributed by atoms with Gasteiger partial charge in [-0.3, -0.25) is 14.3 Å². The Balaban J connectivity index is 1.41. The number of nitrogens with one attached hydrogen (secondary N) is 1. The van der Waals surface area contributed by atoms with E-state index in [9.17, 15) is 14.7 Å². The number of piperazine rings is 1. The van der Waals surface area contributed by atoms with Crippen LogP contribution < -0.4 is 25.8 Å². The molecule has 0 aliphatic carbocycles. The summed E-state index contributed by atoms with van der Waals surface area (Å²) in [7, 11) is 1.58. The summed E-state index contributed by atoms with van der Waals surface area (Å²) in [5.41, 5.74) is 2.93. The number of fused-ring (bicyclic) bond motifs is 1. The number of hydrogen-bond acceptors (Lipinski definition) is 7. The Hall–Kier alpha value is -4.05. The molecule has 37 heavy (non-hydrogen) atoms. The predicted molar refractivity (Wildman–Crippen MR) is 144 cm³/mol. The summed E-state index contributed by atoms with van der Waals surface area (Å²) >= 11 is 0. The fourth-order valence-corrected chi connectivity index (χ4v) is 4.70. The molecule has 1 saturated heterocycles. The second-order valence-corrected chi connectivity index (χ2v) is 9.53. The van der Waals surface area contributed by atoms with Crippen LogP contribution in [-0.4, -0.2) is 63.1 Å². The number of aliphatic hydroxyl groups is 1. The van der Waals surface area contributed by atoms with Crippen molar-refractivity contribution in [1.82, 2.24) is 19.1 Å². The third-order valence-corrected chi connectivity index (χ3v) is 6.98. The third kappa shape index (κ3) is 4.97. The fourth-order valence-electron chi connectivity index (χ4n) is 4.70. The lowest BCUT2D eigenvalue weighted by atomic mass is 10.1. The molecule has 0 amide bonds. The van der Waals surface area contributed by atoms with Crippen molar-refractivity contribution < 1.29 is 9.84 Å². The number of ether oxygens (including phenoxy) is 1. The van der Waals surface area contributed by atoms with Crippen LogP contribution in [0.15, 0.2) is 58.1 Å². The van der Waals surface area contributed by atoms with Gasteiger partial charge in [0.2, 0.25) is 5.95 Å². The largest absolute Gasteiger partial charge is 0.491 e. The second kappa shape index (κ2) is 10.1. The minimum Gasteiger partial charge on any atom is -0.491 e. The molecule has 2 N–H and O–H groups in total. The van der Waals surface area contributed by atoms with Crippen molar-refractivity contribution in [3.05, 3.63) is 80.5 Å². The van der Waals surface area contributed by atoms with Crippen molar-refractivity contribution in [2.24, 2.45) is 7.05 Å². The van der Waals surface area contributed by atoms with Crippen LogP contribution in [0.3, 0.4) is 0 Å². The van der Waals surface area contributed by atoms with E-state index in [1.807, 2.05) is 50.2 Å². The number of nitrogens with zero attached hydrogens (tertiary/aromatic N) is 5. The Morgan fingerprint density at radius 2 is 1.70 bits per heavy atom. The lowest BCUT2D eigenvalue weighted by molar-refractivity contribution is 0.0936. The molecule has 1 aliphatic heterocycles. The SMILES string of the molecule is Cc1ccc(OCC(O)Cn2c(N3CCN(c4ccccc4)CC3)nc3c2c(=O)[nH]c(=O)n3C)cc1C. The molecular weight excluding hydrogens is 472 g/mol. The van der Waals surface area contributed by atoms with Gasteiger partial charge in [-0.2, -0.15) is 4.98 Å². The van der Waals surface area contributed by atoms with E-state index in [4.69, 9.17) is 9.72 Å². The van der Waals surface area contributed by atoms with Gasteiger partial charge in [-0.15, -0.1) is 0 Å². The zero-order valence-corrected chi connectivity index (χ0v) is 21.3. The molecule has 3 heterocycles. The number of aromatic nitrogens is 4. The van der Waals surface area contributed by atoms with Crippen molar-refractivity contribution in [2.45, 2.75) is 26.5 Å². The number of para-hydroxylation sites is 1. The first-order chi connectivity index (χ1) is 17.8. The zero-order valence-electron chi connectivity index (χ0n) is 21.3. The van der Waals surface area contributed by atoms with Crippen molar-refractivity contribution >= 4 is 22.8 Å². The van der Waals surface area contributed by atoms with Crippen molar-refractivity contribution in [1.29, 1.82) is 0 Å².